The second-order valence-electron chi connectivity index (χ2n) is 6.73. The number of carbonyl (C=O) groups excluding carboxylic acids is 1. The van der Waals surface area contributed by atoms with E-state index in [4.69, 9.17) is 4.74 Å². The molecule has 2 heterocycles. The quantitative estimate of drug-likeness (QED) is 0.912. The molecule has 0 aliphatic carbocycles. The maximum atomic E-state index is 12.7. The van der Waals surface area contributed by atoms with Gasteiger partial charge in [0.2, 0.25) is 0 Å². The Bertz CT molecular complexity index is 596. The van der Waals surface area contributed by atoms with Crippen molar-refractivity contribution in [3.8, 4) is 0 Å². The van der Waals surface area contributed by atoms with Gasteiger partial charge < -0.3 is 19.6 Å². The van der Waals surface area contributed by atoms with Gasteiger partial charge in [-0.3, -0.25) is 9.59 Å². The van der Waals surface area contributed by atoms with Crippen molar-refractivity contribution in [2.24, 2.45) is 11.8 Å². The third-order valence-electron chi connectivity index (χ3n) is 4.79. The zero-order chi connectivity index (χ0) is 17.1. The van der Waals surface area contributed by atoms with E-state index in [0.29, 0.717) is 25.1 Å². The Kier molecular flexibility index (Phi) is 5.04. The number of hydrogen-bond acceptors (Lipinski definition) is 4. The second-order valence-corrected chi connectivity index (χ2v) is 6.73. The molecule has 24 heavy (non-hydrogen) atoms. The van der Waals surface area contributed by atoms with Gasteiger partial charge in [0.15, 0.2) is 0 Å². The van der Waals surface area contributed by atoms with Gasteiger partial charge in [-0.05, 0) is 36.6 Å². The number of amides is 1. The number of carboxylic acids is 1. The average molecular weight is 332 g/mol. The topological polar surface area (TPSA) is 70.1 Å². The number of piperidine rings is 1. The molecular weight excluding hydrogens is 308 g/mol. The fourth-order valence-corrected chi connectivity index (χ4v) is 3.52. The van der Waals surface area contributed by atoms with E-state index in [2.05, 4.69) is 4.90 Å². The van der Waals surface area contributed by atoms with E-state index in [9.17, 15) is 14.7 Å². The predicted octanol–water partition coefficient (Wildman–Crippen LogP) is 1.71. The van der Waals surface area contributed by atoms with Crippen LogP contribution in [0.5, 0.6) is 0 Å². The number of hydrogen-bond donors (Lipinski definition) is 1. The summed E-state index contributed by atoms with van der Waals surface area (Å²) in [5.74, 6) is -1.16. The molecule has 3 rings (SSSR count). The first kappa shape index (κ1) is 16.8. The largest absolute Gasteiger partial charge is 0.481 e. The molecule has 1 aromatic carbocycles. The molecule has 2 atom stereocenters. The normalized spacial score (nSPS) is 24.7. The van der Waals surface area contributed by atoms with E-state index >= 15 is 0 Å². The first-order chi connectivity index (χ1) is 11.5. The molecule has 2 saturated heterocycles. The molecule has 2 aliphatic heterocycles. The number of anilines is 1. The highest BCUT2D eigenvalue weighted by Gasteiger charge is 2.32. The van der Waals surface area contributed by atoms with Gasteiger partial charge >= 0.3 is 5.97 Å². The smallest absolute Gasteiger partial charge is 0.308 e. The number of ether oxygens (including phenoxy) is 1. The minimum Gasteiger partial charge on any atom is -0.481 e. The average Bonchev–Trinajstić information content (AvgIpc) is 2.61. The molecule has 6 nitrogen and oxygen atoms in total. The van der Waals surface area contributed by atoms with Gasteiger partial charge in [0.25, 0.3) is 5.91 Å². The molecule has 130 valence electrons. The van der Waals surface area contributed by atoms with Gasteiger partial charge in [-0.1, -0.05) is 6.92 Å². The van der Waals surface area contributed by atoms with Crippen LogP contribution in [0.4, 0.5) is 5.69 Å². The van der Waals surface area contributed by atoms with Crippen LogP contribution in [0.3, 0.4) is 0 Å². The van der Waals surface area contributed by atoms with Crippen molar-refractivity contribution in [2.45, 2.75) is 13.3 Å². The molecule has 1 aromatic rings. The number of nitrogens with zero attached hydrogens (tertiary/aromatic N) is 2. The molecular formula is C18H24N2O4. The predicted molar refractivity (Wildman–Crippen MR) is 90.3 cm³/mol. The SMILES string of the molecule is CC1CC(C(=O)O)CN(C(=O)c2ccc(N3CCOCC3)cc2)C1. The van der Waals surface area contributed by atoms with Crippen molar-refractivity contribution < 1.29 is 19.4 Å². The van der Waals surface area contributed by atoms with E-state index in [1.165, 1.54) is 0 Å². The Morgan fingerprint density at radius 1 is 1.12 bits per heavy atom. The zero-order valence-corrected chi connectivity index (χ0v) is 14.0. The lowest BCUT2D eigenvalue weighted by molar-refractivity contribution is -0.143. The summed E-state index contributed by atoms with van der Waals surface area (Å²) in [7, 11) is 0. The van der Waals surface area contributed by atoms with Gasteiger partial charge in [-0.25, -0.2) is 0 Å². The standard InChI is InChI=1S/C18H24N2O4/c1-13-10-15(18(22)23)12-20(11-13)17(21)14-2-4-16(5-3-14)19-6-8-24-9-7-19/h2-5,13,15H,6-12H2,1H3,(H,22,23). The second kappa shape index (κ2) is 7.21. The van der Waals surface area contributed by atoms with Crippen LogP contribution in [0.2, 0.25) is 0 Å². The summed E-state index contributed by atoms with van der Waals surface area (Å²) in [5.41, 5.74) is 1.70. The van der Waals surface area contributed by atoms with E-state index < -0.39 is 11.9 Å². The summed E-state index contributed by atoms with van der Waals surface area (Å²) >= 11 is 0. The lowest BCUT2D eigenvalue weighted by Gasteiger charge is -2.35. The molecule has 0 radical (unpaired) electrons. The molecule has 0 spiro atoms. The van der Waals surface area contributed by atoms with Crippen molar-refractivity contribution >= 4 is 17.6 Å². The molecule has 0 saturated carbocycles. The minimum absolute atomic E-state index is 0.0821. The van der Waals surface area contributed by atoms with Crippen LogP contribution in [0.1, 0.15) is 23.7 Å². The molecule has 2 unspecified atom stereocenters. The number of carboxylic acid groups (broad SMARTS) is 1. The number of likely N-dealkylation sites (tertiary alicyclic amines) is 1. The number of rotatable bonds is 3. The summed E-state index contributed by atoms with van der Waals surface area (Å²) in [4.78, 5) is 27.9. The maximum Gasteiger partial charge on any atom is 0.308 e. The van der Waals surface area contributed by atoms with Crippen LogP contribution < -0.4 is 4.90 Å². The minimum atomic E-state index is -0.818. The van der Waals surface area contributed by atoms with Gasteiger partial charge in [0, 0.05) is 37.4 Å². The first-order valence-electron chi connectivity index (χ1n) is 8.49. The van der Waals surface area contributed by atoms with Crippen LogP contribution in [0, 0.1) is 11.8 Å². The molecule has 1 N–H and O–H groups in total. The molecule has 2 aliphatic rings. The summed E-state index contributed by atoms with van der Waals surface area (Å²) in [6, 6.07) is 7.59. The van der Waals surface area contributed by atoms with E-state index in [0.717, 1.165) is 32.0 Å². The van der Waals surface area contributed by atoms with Crippen LogP contribution in [-0.2, 0) is 9.53 Å². The third kappa shape index (κ3) is 3.70. The lowest BCUT2D eigenvalue weighted by Crippen LogP contribution is -2.45. The number of benzene rings is 1. The third-order valence-corrected chi connectivity index (χ3v) is 4.79. The maximum absolute atomic E-state index is 12.7. The van der Waals surface area contributed by atoms with E-state index in [-0.39, 0.29) is 11.8 Å². The highest BCUT2D eigenvalue weighted by molar-refractivity contribution is 5.95. The number of aliphatic carboxylic acids is 1. The summed E-state index contributed by atoms with van der Waals surface area (Å²) in [6.45, 7) is 6.08. The van der Waals surface area contributed by atoms with Gasteiger partial charge in [0.1, 0.15) is 0 Å². The summed E-state index contributed by atoms with van der Waals surface area (Å²) in [5, 5.41) is 9.25. The van der Waals surface area contributed by atoms with Crippen molar-refractivity contribution in [3.05, 3.63) is 29.8 Å². The Morgan fingerprint density at radius 3 is 2.42 bits per heavy atom. The van der Waals surface area contributed by atoms with Gasteiger partial charge in [0.05, 0.1) is 19.1 Å². The molecule has 0 bridgehead atoms. The summed E-state index contributed by atoms with van der Waals surface area (Å²) in [6.07, 6.45) is 0.634. The Morgan fingerprint density at radius 2 is 1.79 bits per heavy atom. The Balaban J connectivity index is 1.69. The Labute approximate surface area is 142 Å². The van der Waals surface area contributed by atoms with E-state index in [1.54, 1.807) is 4.90 Å². The van der Waals surface area contributed by atoms with Gasteiger partial charge in [-0.2, -0.15) is 0 Å². The summed E-state index contributed by atoms with van der Waals surface area (Å²) < 4.78 is 5.35. The molecule has 1 amide bonds. The zero-order valence-electron chi connectivity index (χ0n) is 14.0. The lowest BCUT2D eigenvalue weighted by atomic mass is 9.90. The van der Waals surface area contributed by atoms with E-state index in [1.807, 2.05) is 31.2 Å². The fraction of sp³-hybridized carbons (Fsp3) is 0.556. The van der Waals surface area contributed by atoms with Crippen molar-refractivity contribution in [3.63, 3.8) is 0 Å². The molecule has 6 heteroatoms. The van der Waals surface area contributed by atoms with Crippen molar-refractivity contribution in [2.75, 3.05) is 44.3 Å². The van der Waals surface area contributed by atoms with Crippen LogP contribution in [-0.4, -0.2) is 61.3 Å². The monoisotopic (exact) mass is 332 g/mol. The number of carbonyl (C=O) groups is 2. The molecule has 2 fully saturated rings. The Hall–Kier alpha value is -2.08. The highest BCUT2D eigenvalue weighted by atomic mass is 16.5. The first-order valence-corrected chi connectivity index (χ1v) is 8.49. The van der Waals surface area contributed by atoms with Crippen molar-refractivity contribution in [1.29, 1.82) is 0 Å². The van der Waals surface area contributed by atoms with Crippen molar-refractivity contribution in [1.82, 2.24) is 4.90 Å². The highest BCUT2D eigenvalue weighted by Crippen LogP contribution is 2.24. The van der Waals surface area contributed by atoms with Crippen LogP contribution >= 0.6 is 0 Å². The number of morpholine rings is 1. The van der Waals surface area contributed by atoms with Crippen LogP contribution in [0.25, 0.3) is 0 Å². The molecule has 0 aromatic heterocycles. The fourth-order valence-electron chi connectivity index (χ4n) is 3.52. The van der Waals surface area contributed by atoms with Gasteiger partial charge in [-0.15, -0.1) is 0 Å². The van der Waals surface area contributed by atoms with Crippen LogP contribution in [0.15, 0.2) is 24.3 Å².